The molecule has 0 atom stereocenters. The number of hydrogen-bond donors (Lipinski definition) is 0. The average Bonchev–Trinajstić information content (AvgIpc) is 2.93. The first-order chi connectivity index (χ1) is 11.9. The summed E-state index contributed by atoms with van der Waals surface area (Å²) < 4.78 is 10.6. The van der Waals surface area contributed by atoms with E-state index < -0.39 is 5.89 Å². The fourth-order valence-electron chi connectivity index (χ4n) is 3.81. The second-order valence-corrected chi connectivity index (χ2v) is 7.03. The normalized spacial score (nSPS) is 13.4. The predicted molar refractivity (Wildman–Crippen MR) is 100 cm³/mol. The molecule has 0 radical (unpaired) electrons. The third-order valence-electron chi connectivity index (χ3n) is 5.18. The summed E-state index contributed by atoms with van der Waals surface area (Å²) in [4.78, 5) is 0. The Hall–Kier alpha value is -2.41. The van der Waals surface area contributed by atoms with Crippen molar-refractivity contribution in [1.29, 1.82) is 0 Å². The summed E-state index contributed by atoms with van der Waals surface area (Å²) in [7, 11) is 2.09. The first kappa shape index (κ1) is 14.0. The number of pyridine rings is 1. The van der Waals surface area contributed by atoms with Gasteiger partial charge in [-0.3, -0.25) is 0 Å². The van der Waals surface area contributed by atoms with E-state index in [1.165, 1.54) is 39.1 Å². The number of nitrogens with zero attached hydrogens (tertiary/aromatic N) is 1. The van der Waals surface area contributed by atoms with E-state index in [0.717, 1.165) is 12.0 Å². The van der Waals surface area contributed by atoms with Crippen molar-refractivity contribution in [3.05, 3.63) is 77.0 Å². The summed E-state index contributed by atoms with van der Waals surface area (Å²) in [5, 5.41) is 0. The van der Waals surface area contributed by atoms with Crippen molar-refractivity contribution < 1.29 is 5.94 Å². The van der Waals surface area contributed by atoms with E-state index in [-0.39, 0.29) is 0 Å². The molecule has 0 N–H and O–H groups in total. The molecule has 0 bridgehead atoms. The minimum Gasteiger partial charge on any atom is -0.201 e. The molecular formula is C23H24N+. The molecule has 1 heteroatoms. The highest BCUT2D eigenvalue weighted by atomic mass is 14.9. The number of fused-ring (bicyclic) bond motifs is 3. The first-order valence-electron chi connectivity index (χ1n) is 9.07. The molecule has 0 amide bonds. The lowest BCUT2D eigenvalue weighted by Crippen LogP contribution is -2.31. The van der Waals surface area contributed by atoms with Crippen LogP contribution in [0.5, 0.6) is 0 Å². The Morgan fingerprint density at radius 2 is 1.83 bits per heavy atom. The molecule has 120 valence electrons. The molecule has 24 heavy (non-hydrogen) atoms. The Morgan fingerprint density at radius 3 is 2.62 bits per heavy atom. The first-order valence-corrected chi connectivity index (χ1v) is 8.57. The number of aryl methyl sites for hydroxylation is 2. The maximum atomic E-state index is 8.41. The van der Waals surface area contributed by atoms with Gasteiger partial charge < -0.3 is 0 Å². The SMILES string of the molecule is [2H]C(C)(C)c1cc[n+](C)c(-c2c(C)ccc3c2Cc2ccccc2-3)c1. The lowest BCUT2D eigenvalue weighted by atomic mass is 9.92. The smallest absolute Gasteiger partial charge is 0.201 e. The van der Waals surface area contributed by atoms with Crippen LogP contribution in [0.3, 0.4) is 0 Å². The van der Waals surface area contributed by atoms with Crippen molar-refractivity contribution in [2.75, 3.05) is 0 Å². The number of rotatable bonds is 2. The van der Waals surface area contributed by atoms with Gasteiger partial charge in [-0.1, -0.05) is 50.2 Å². The number of benzene rings is 2. The van der Waals surface area contributed by atoms with E-state index in [9.17, 15) is 0 Å². The van der Waals surface area contributed by atoms with Crippen molar-refractivity contribution in [3.8, 4) is 22.4 Å². The molecule has 0 fully saturated rings. The van der Waals surface area contributed by atoms with Crippen LogP contribution in [-0.2, 0) is 13.5 Å². The largest absolute Gasteiger partial charge is 0.213 e. The van der Waals surface area contributed by atoms with E-state index in [1.807, 2.05) is 13.8 Å². The summed E-state index contributed by atoms with van der Waals surface area (Å²) in [6, 6.07) is 17.5. The molecule has 4 rings (SSSR count). The van der Waals surface area contributed by atoms with Gasteiger partial charge in [-0.2, -0.15) is 0 Å². The van der Waals surface area contributed by atoms with E-state index in [2.05, 4.69) is 73.3 Å². The van der Waals surface area contributed by atoms with Crippen molar-refractivity contribution in [2.45, 2.75) is 33.1 Å². The molecule has 0 unspecified atom stereocenters. The van der Waals surface area contributed by atoms with Crippen molar-refractivity contribution >= 4 is 0 Å². The lowest BCUT2D eigenvalue weighted by molar-refractivity contribution is -0.660. The highest BCUT2D eigenvalue weighted by molar-refractivity contribution is 5.84. The van der Waals surface area contributed by atoms with E-state index in [0.29, 0.717) is 0 Å². The van der Waals surface area contributed by atoms with E-state index in [4.69, 9.17) is 1.37 Å². The van der Waals surface area contributed by atoms with Gasteiger partial charge in [0.05, 0.1) is 5.56 Å². The van der Waals surface area contributed by atoms with Gasteiger partial charge in [0.2, 0.25) is 5.69 Å². The van der Waals surface area contributed by atoms with Gasteiger partial charge in [-0.25, -0.2) is 4.57 Å². The summed E-state index contributed by atoms with van der Waals surface area (Å²) in [5.41, 5.74) is 10.4. The van der Waals surface area contributed by atoms with Crippen LogP contribution in [0.1, 0.15) is 43.4 Å². The van der Waals surface area contributed by atoms with Crippen molar-refractivity contribution in [2.24, 2.45) is 7.05 Å². The molecule has 1 nitrogen and oxygen atoms in total. The Labute approximate surface area is 146 Å². The molecule has 1 aromatic heterocycles. The van der Waals surface area contributed by atoms with Gasteiger partial charge in [-0.05, 0) is 52.6 Å². The highest BCUT2D eigenvalue weighted by Crippen LogP contribution is 2.42. The van der Waals surface area contributed by atoms with Gasteiger partial charge in [0.15, 0.2) is 6.20 Å². The van der Waals surface area contributed by atoms with Crippen LogP contribution in [0.25, 0.3) is 22.4 Å². The van der Waals surface area contributed by atoms with Gasteiger partial charge in [0.25, 0.3) is 0 Å². The minimum absolute atomic E-state index is 0.599. The zero-order valence-corrected chi connectivity index (χ0v) is 14.9. The summed E-state index contributed by atoms with van der Waals surface area (Å²) >= 11 is 0. The molecule has 0 saturated carbocycles. The number of aromatic nitrogens is 1. The average molecular weight is 315 g/mol. The predicted octanol–water partition coefficient (Wildman–Crippen LogP) is 5.18. The molecule has 1 aliphatic carbocycles. The Bertz CT molecular complexity index is 980. The van der Waals surface area contributed by atoms with Crippen LogP contribution in [0.2, 0.25) is 0 Å². The third kappa shape index (κ3) is 2.27. The molecule has 0 spiro atoms. The molecule has 3 aromatic rings. The van der Waals surface area contributed by atoms with E-state index >= 15 is 0 Å². The topological polar surface area (TPSA) is 3.88 Å². The maximum Gasteiger partial charge on any atom is 0.213 e. The quantitative estimate of drug-likeness (QED) is 0.449. The Balaban J connectivity index is 1.97. The third-order valence-corrected chi connectivity index (χ3v) is 5.18. The van der Waals surface area contributed by atoms with E-state index in [1.54, 1.807) is 0 Å². The minimum atomic E-state index is -0.599. The molecule has 0 aliphatic heterocycles. The van der Waals surface area contributed by atoms with Gasteiger partial charge in [0.1, 0.15) is 7.05 Å². The van der Waals surface area contributed by atoms with Crippen LogP contribution in [0.15, 0.2) is 54.7 Å². The van der Waals surface area contributed by atoms with Gasteiger partial charge in [0, 0.05) is 13.5 Å². The number of hydrogen-bond acceptors (Lipinski definition) is 0. The molecule has 1 heterocycles. The van der Waals surface area contributed by atoms with Crippen LogP contribution < -0.4 is 4.57 Å². The fourth-order valence-corrected chi connectivity index (χ4v) is 3.81. The standard InChI is InChI=1S/C23H24N/c1-15(2)17-11-12-24(4)22(14-17)23-16(3)9-10-20-19-8-6-5-7-18(19)13-21(20)23/h5-12,14-15H,13H2,1-4H3/q+1/i15D. The van der Waals surface area contributed by atoms with Crippen molar-refractivity contribution in [3.63, 3.8) is 0 Å². The monoisotopic (exact) mass is 315 g/mol. The molecule has 2 aromatic carbocycles. The summed E-state index contributed by atoms with van der Waals surface area (Å²) in [6.07, 6.45) is 3.07. The fraction of sp³-hybridized carbons (Fsp3) is 0.261. The van der Waals surface area contributed by atoms with Crippen LogP contribution in [0, 0.1) is 6.92 Å². The van der Waals surface area contributed by atoms with Crippen LogP contribution >= 0.6 is 0 Å². The van der Waals surface area contributed by atoms with Crippen LogP contribution in [-0.4, -0.2) is 0 Å². The van der Waals surface area contributed by atoms with Crippen molar-refractivity contribution in [1.82, 2.24) is 0 Å². The Kier molecular flexibility index (Phi) is 3.26. The second-order valence-electron chi connectivity index (χ2n) is 7.03. The molecular weight excluding hydrogens is 290 g/mol. The molecule has 1 aliphatic rings. The van der Waals surface area contributed by atoms with Crippen LogP contribution in [0.4, 0.5) is 0 Å². The van der Waals surface area contributed by atoms with Gasteiger partial charge >= 0.3 is 0 Å². The van der Waals surface area contributed by atoms with Gasteiger partial charge in [-0.15, -0.1) is 0 Å². The maximum absolute atomic E-state index is 8.41. The lowest BCUT2D eigenvalue weighted by Gasteiger charge is -2.13. The zero-order valence-electron chi connectivity index (χ0n) is 15.9. The molecule has 0 saturated heterocycles. The second kappa shape index (κ2) is 5.59. The Morgan fingerprint density at radius 1 is 1.04 bits per heavy atom. The highest BCUT2D eigenvalue weighted by Gasteiger charge is 2.26. The zero-order chi connectivity index (χ0) is 17.8. The summed E-state index contributed by atoms with van der Waals surface area (Å²) in [6.45, 7) is 6.09. The summed E-state index contributed by atoms with van der Waals surface area (Å²) in [5.74, 6) is -0.599.